The van der Waals surface area contributed by atoms with Crippen molar-refractivity contribution in [2.45, 2.75) is 26.9 Å². The van der Waals surface area contributed by atoms with E-state index in [9.17, 15) is 9.90 Å². The van der Waals surface area contributed by atoms with Crippen LogP contribution < -0.4 is 4.74 Å². The Hall–Kier alpha value is -1.06. The molecule has 17 heavy (non-hydrogen) atoms. The van der Waals surface area contributed by atoms with Crippen LogP contribution in [0.2, 0.25) is 5.02 Å². The van der Waals surface area contributed by atoms with Crippen LogP contribution in [0.25, 0.3) is 0 Å². The minimum atomic E-state index is -1.13. The molecule has 0 heterocycles. The number of hydrogen-bond acceptors (Lipinski definition) is 3. The predicted molar refractivity (Wildman–Crippen MR) is 67.5 cm³/mol. The van der Waals surface area contributed by atoms with Gasteiger partial charge in [0.05, 0.1) is 12.1 Å². The van der Waals surface area contributed by atoms with Crippen molar-refractivity contribution >= 4 is 17.4 Å². The summed E-state index contributed by atoms with van der Waals surface area (Å²) < 4.78 is 5.07. The van der Waals surface area contributed by atoms with Crippen molar-refractivity contribution in [2.75, 3.05) is 7.11 Å². The Morgan fingerprint density at radius 3 is 2.47 bits per heavy atom. The number of carbonyl (C=O) groups is 1. The summed E-state index contributed by atoms with van der Waals surface area (Å²) in [5, 5.41) is 10.4. The van der Waals surface area contributed by atoms with Crippen LogP contribution in [0.1, 0.15) is 31.1 Å². The first-order valence-electron chi connectivity index (χ1n) is 5.44. The molecule has 1 atom stereocenters. The van der Waals surface area contributed by atoms with Crippen molar-refractivity contribution in [1.29, 1.82) is 0 Å². The summed E-state index contributed by atoms with van der Waals surface area (Å²) in [7, 11) is 1.52. The minimum absolute atomic E-state index is 0.214. The molecule has 0 amide bonds. The molecule has 1 aromatic rings. The fourth-order valence-electron chi connectivity index (χ4n) is 1.59. The first kappa shape index (κ1) is 14.0. The third-order valence-electron chi connectivity index (χ3n) is 2.67. The highest BCUT2D eigenvalue weighted by atomic mass is 35.5. The molecule has 0 fully saturated rings. The number of ether oxygens (including phenoxy) is 1. The highest BCUT2D eigenvalue weighted by molar-refractivity contribution is 6.32. The number of ketones is 1. The Morgan fingerprint density at radius 1 is 1.41 bits per heavy atom. The van der Waals surface area contributed by atoms with Gasteiger partial charge in [0.2, 0.25) is 0 Å². The number of carbonyl (C=O) groups excluding carboxylic acids is 1. The van der Waals surface area contributed by atoms with Crippen LogP contribution in [-0.2, 0) is 4.79 Å². The molecule has 3 nitrogen and oxygen atoms in total. The van der Waals surface area contributed by atoms with Gasteiger partial charge in [-0.3, -0.25) is 4.79 Å². The average molecular weight is 257 g/mol. The maximum atomic E-state index is 11.7. The Bertz CT molecular complexity index is 427. The standard InChI is InChI=1S/C13H17ClO3/c1-7(2)12(15)13(16)9-6-10(14)11(17-4)5-8(9)3/h5-7,13,16H,1-4H3. The number of aliphatic hydroxyl groups is 1. The smallest absolute Gasteiger partial charge is 0.168 e. The second-order valence-electron chi connectivity index (χ2n) is 4.30. The summed E-state index contributed by atoms with van der Waals surface area (Å²) in [4.78, 5) is 11.7. The van der Waals surface area contributed by atoms with Crippen LogP contribution in [0.4, 0.5) is 0 Å². The summed E-state index contributed by atoms with van der Waals surface area (Å²) >= 11 is 5.98. The second-order valence-corrected chi connectivity index (χ2v) is 4.71. The van der Waals surface area contributed by atoms with Crippen molar-refractivity contribution in [3.05, 3.63) is 28.3 Å². The molecule has 4 heteroatoms. The van der Waals surface area contributed by atoms with Gasteiger partial charge in [-0.25, -0.2) is 0 Å². The summed E-state index contributed by atoms with van der Waals surface area (Å²) in [6.07, 6.45) is -1.13. The largest absolute Gasteiger partial charge is 0.495 e. The maximum Gasteiger partial charge on any atom is 0.168 e. The zero-order chi connectivity index (χ0) is 13.2. The van der Waals surface area contributed by atoms with Gasteiger partial charge in [-0.1, -0.05) is 25.4 Å². The van der Waals surface area contributed by atoms with Crippen LogP contribution >= 0.6 is 11.6 Å². The molecular formula is C13H17ClO3. The van der Waals surface area contributed by atoms with Crippen molar-refractivity contribution in [3.8, 4) is 5.75 Å². The molecule has 0 spiro atoms. The van der Waals surface area contributed by atoms with Crippen LogP contribution in [0.15, 0.2) is 12.1 Å². The Morgan fingerprint density at radius 2 is 2.00 bits per heavy atom. The quantitative estimate of drug-likeness (QED) is 0.901. The third kappa shape index (κ3) is 2.99. The lowest BCUT2D eigenvalue weighted by Gasteiger charge is -2.16. The van der Waals surface area contributed by atoms with E-state index in [-0.39, 0.29) is 11.7 Å². The van der Waals surface area contributed by atoms with Crippen molar-refractivity contribution in [2.24, 2.45) is 5.92 Å². The number of aliphatic hydroxyl groups excluding tert-OH is 1. The van der Waals surface area contributed by atoms with E-state index in [1.807, 2.05) is 6.92 Å². The molecule has 0 aliphatic heterocycles. The molecule has 0 aliphatic rings. The normalized spacial score (nSPS) is 12.6. The number of Topliss-reactive ketones (excluding diaryl/α,β-unsaturated/α-hetero) is 1. The van der Waals surface area contributed by atoms with Gasteiger partial charge in [0, 0.05) is 5.92 Å². The Labute approximate surface area is 106 Å². The van der Waals surface area contributed by atoms with Crippen LogP contribution in [-0.4, -0.2) is 18.0 Å². The van der Waals surface area contributed by atoms with E-state index >= 15 is 0 Å². The van der Waals surface area contributed by atoms with Crippen LogP contribution in [0, 0.1) is 12.8 Å². The molecule has 0 radical (unpaired) electrons. The number of benzene rings is 1. The molecule has 1 N–H and O–H groups in total. The zero-order valence-electron chi connectivity index (χ0n) is 10.5. The summed E-state index contributed by atoms with van der Waals surface area (Å²) in [6, 6.07) is 3.30. The molecule has 0 aromatic heterocycles. The molecule has 0 saturated carbocycles. The molecule has 1 rings (SSSR count). The van der Waals surface area contributed by atoms with E-state index in [0.717, 1.165) is 5.56 Å². The molecule has 0 bridgehead atoms. The van der Waals surface area contributed by atoms with Gasteiger partial charge in [0.1, 0.15) is 11.9 Å². The average Bonchev–Trinajstić information content (AvgIpc) is 2.29. The van der Waals surface area contributed by atoms with Crippen LogP contribution in [0.3, 0.4) is 0 Å². The van der Waals surface area contributed by atoms with E-state index < -0.39 is 6.10 Å². The van der Waals surface area contributed by atoms with Crippen molar-refractivity contribution in [3.63, 3.8) is 0 Å². The highest BCUT2D eigenvalue weighted by Gasteiger charge is 2.23. The lowest BCUT2D eigenvalue weighted by Crippen LogP contribution is -2.18. The fourth-order valence-corrected chi connectivity index (χ4v) is 1.84. The van der Waals surface area contributed by atoms with Gasteiger partial charge in [0.25, 0.3) is 0 Å². The van der Waals surface area contributed by atoms with Gasteiger partial charge in [-0.2, -0.15) is 0 Å². The number of rotatable bonds is 4. The maximum absolute atomic E-state index is 11.7. The van der Waals surface area contributed by atoms with E-state index in [4.69, 9.17) is 16.3 Å². The number of methoxy groups -OCH3 is 1. The van der Waals surface area contributed by atoms with E-state index in [1.54, 1.807) is 26.0 Å². The SMILES string of the molecule is COc1cc(C)c(C(O)C(=O)C(C)C)cc1Cl. The third-order valence-corrected chi connectivity index (χ3v) is 2.97. The second kappa shape index (κ2) is 5.52. The zero-order valence-corrected chi connectivity index (χ0v) is 11.2. The summed E-state index contributed by atoms with van der Waals surface area (Å²) in [5.74, 6) is 0.108. The molecule has 1 unspecified atom stereocenters. The molecular weight excluding hydrogens is 240 g/mol. The molecule has 94 valence electrons. The number of halogens is 1. The van der Waals surface area contributed by atoms with Gasteiger partial charge in [-0.15, -0.1) is 0 Å². The van der Waals surface area contributed by atoms with E-state index in [2.05, 4.69) is 0 Å². The Kier molecular flexibility index (Phi) is 4.54. The lowest BCUT2D eigenvalue weighted by atomic mass is 9.95. The topological polar surface area (TPSA) is 46.5 Å². The van der Waals surface area contributed by atoms with Crippen molar-refractivity contribution in [1.82, 2.24) is 0 Å². The fraction of sp³-hybridized carbons (Fsp3) is 0.462. The summed E-state index contributed by atoms with van der Waals surface area (Å²) in [5.41, 5.74) is 1.32. The molecule has 1 aromatic carbocycles. The van der Waals surface area contributed by atoms with E-state index in [1.165, 1.54) is 7.11 Å². The van der Waals surface area contributed by atoms with Gasteiger partial charge in [0.15, 0.2) is 5.78 Å². The highest BCUT2D eigenvalue weighted by Crippen LogP contribution is 2.31. The minimum Gasteiger partial charge on any atom is -0.495 e. The molecule has 0 saturated heterocycles. The monoisotopic (exact) mass is 256 g/mol. The van der Waals surface area contributed by atoms with E-state index in [0.29, 0.717) is 16.3 Å². The first-order chi connectivity index (χ1) is 7.88. The Balaban J connectivity index is 3.15. The van der Waals surface area contributed by atoms with Crippen LogP contribution in [0.5, 0.6) is 5.75 Å². The predicted octanol–water partition coefficient (Wildman–Crippen LogP) is 2.92. The number of aryl methyl sites for hydroxylation is 1. The van der Waals surface area contributed by atoms with Gasteiger partial charge >= 0.3 is 0 Å². The lowest BCUT2D eigenvalue weighted by molar-refractivity contribution is -0.130. The van der Waals surface area contributed by atoms with Gasteiger partial charge < -0.3 is 9.84 Å². The van der Waals surface area contributed by atoms with Gasteiger partial charge in [-0.05, 0) is 30.2 Å². The first-order valence-corrected chi connectivity index (χ1v) is 5.82. The molecule has 0 aliphatic carbocycles. The number of hydrogen-bond donors (Lipinski definition) is 1. The summed E-state index contributed by atoms with van der Waals surface area (Å²) in [6.45, 7) is 5.32. The van der Waals surface area contributed by atoms with Crippen molar-refractivity contribution < 1.29 is 14.6 Å².